The van der Waals surface area contributed by atoms with Crippen molar-refractivity contribution in [2.75, 3.05) is 6.54 Å². The van der Waals surface area contributed by atoms with Gasteiger partial charge in [0.2, 0.25) is 5.91 Å². The van der Waals surface area contributed by atoms with E-state index in [1.54, 1.807) is 0 Å². The number of carbonyl (C=O) groups excluding carboxylic acids is 1. The van der Waals surface area contributed by atoms with Gasteiger partial charge in [-0.15, -0.1) is 0 Å². The van der Waals surface area contributed by atoms with Gasteiger partial charge in [0.1, 0.15) is 0 Å². The molecule has 0 aliphatic heterocycles. The van der Waals surface area contributed by atoms with Crippen molar-refractivity contribution in [3.05, 3.63) is 0 Å². The number of nitrogens with one attached hydrogen (secondary N) is 1. The average Bonchev–Trinajstić information content (AvgIpc) is 2.12. The molecule has 4 N–H and O–H groups in total. The normalized spacial score (nSPS) is 20.0. The van der Waals surface area contributed by atoms with Crippen molar-refractivity contribution in [1.82, 2.24) is 5.32 Å². The number of carbonyl (C=O) groups is 2. The van der Waals surface area contributed by atoms with Crippen LogP contribution in [0.3, 0.4) is 0 Å². The molecule has 92 valence electrons. The van der Waals surface area contributed by atoms with Crippen molar-refractivity contribution >= 4 is 11.9 Å². The number of hydrogen-bond acceptors (Lipinski definition) is 3. The number of aliphatic carboxylic acids is 1. The van der Waals surface area contributed by atoms with E-state index in [1.807, 2.05) is 13.8 Å². The number of rotatable bonds is 5. The minimum Gasteiger partial charge on any atom is -0.481 e. The van der Waals surface area contributed by atoms with Crippen LogP contribution < -0.4 is 11.1 Å². The molecule has 0 radical (unpaired) electrons. The van der Waals surface area contributed by atoms with Crippen LogP contribution in [-0.2, 0) is 9.59 Å². The van der Waals surface area contributed by atoms with E-state index in [9.17, 15) is 9.59 Å². The molecule has 1 saturated carbocycles. The summed E-state index contributed by atoms with van der Waals surface area (Å²) in [6, 6.07) is 0. The van der Waals surface area contributed by atoms with Crippen LogP contribution >= 0.6 is 0 Å². The number of carboxylic acid groups (broad SMARTS) is 1. The highest BCUT2D eigenvalue weighted by molar-refractivity contribution is 5.87. The lowest BCUT2D eigenvalue weighted by Crippen LogP contribution is -2.59. The van der Waals surface area contributed by atoms with Gasteiger partial charge >= 0.3 is 5.97 Å². The zero-order chi connectivity index (χ0) is 12.3. The first-order chi connectivity index (χ1) is 7.37. The van der Waals surface area contributed by atoms with Crippen LogP contribution in [-0.4, -0.2) is 29.1 Å². The summed E-state index contributed by atoms with van der Waals surface area (Å²) < 4.78 is 0. The van der Waals surface area contributed by atoms with E-state index in [0.29, 0.717) is 12.8 Å². The van der Waals surface area contributed by atoms with Gasteiger partial charge in [0.25, 0.3) is 0 Å². The molecule has 5 heteroatoms. The third kappa shape index (κ3) is 2.72. The minimum atomic E-state index is -0.880. The van der Waals surface area contributed by atoms with Crippen LogP contribution in [0.1, 0.15) is 33.1 Å². The van der Waals surface area contributed by atoms with Gasteiger partial charge in [-0.25, -0.2) is 0 Å². The Balaban J connectivity index is 2.43. The van der Waals surface area contributed by atoms with E-state index >= 15 is 0 Å². The lowest BCUT2D eigenvalue weighted by Gasteiger charge is -2.36. The van der Waals surface area contributed by atoms with Gasteiger partial charge in [0.15, 0.2) is 0 Å². The lowest BCUT2D eigenvalue weighted by molar-refractivity contribution is -0.143. The Bertz CT molecular complexity index is 285. The van der Waals surface area contributed by atoms with E-state index in [4.69, 9.17) is 10.8 Å². The summed E-state index contributed by atoms with van der Waals surface area (Å²) in [4.78, 5) is 22.6. The molecule has 1 aliphatic rings. The smallest absolute Gasteiger partial charge is 0.308 e. The predicted octanol–water partition coefficient (Wildman–Crippen LogP) is 0.341. The Labute approximate surface area is 95.4 Å². The Morgan fingerprint density at radius 1 is 1.44 bits per heavy atom. The second-order valence-corrected chi connectivity index (χ2v) is 4.91. The molecule has 0 saturated heterocycles. The third-order valence-electron chi connectivity index (χ3n) is 3.30. The number of amides is 1. The molecule has 16 heavy (non-hydrogen) atoms. The van der Waals surface area contributed by atoms with Crippen molar-refractivity contribution in [1.29, 1.82) is 0 Å². The van der Waals surface area contributed by atoms with Crippen LogP contribution in [0, 0.1) is 11.8 Å². The first-order valence-electron chi connectivity index (χ1n) is 5.67. The van der Waals surface area contributed by atoms with Crippen molar-refractivity contribution in [2.24, 2.45) is 17.6 Å². The molecule has 1 aliphatic carbocycles. The van der Waals surface area contributed by atoms with Gasteiger partial charge < -0.3 is 16.2 Å². The maximum absolute atomic E-state index is 11.7. The van der Waals surface area contributed by atoms with Crippen LogP contribution in [0.4, 0.5) is 0 Å². The Hall–Kier alpha value is -1.10. The lowest BCUT2D eigenvalue weighted by atomic mass is 9.77. The Kier molecular flexibility index (Phi) is 3.91. The van der Waals surface area contributed by atoms with Crippen molar-refractivity contribution < 1.29 is 14.7 Å². The number of carboxylic acids is 1. The highest BCUT2D eigenvalue weighted by atomic mass is 16.4. The Morgan fingerprint density at radius 2 is 2.00 bits per heavy atom. The zero-order valence-corrected chi connectivity index (χ0v) is 9.82. The summed E-state index contributed by atoms with van der Waals surface area (Å²) in [7, 11) is 0. The van der Waals surface area contributed by atoms with Crippen molar-refractivity contribution in [3.63, 3.8) is 0 Å². The molecule has 5 nitrogen and oxygen atoms in total. The zero-order valence-electron chi connectivity index (χ0n) is 9.82. The fraction of sp³-hybridized carbons (Fsp3) is 0.818. The molecular formula is C11H20N2O3. The van der Waals surface area contributed by atoms with Gasteiger partial charge in [-0.3, -0.25) is 9.59 Å². The summed E-state index contributed by atoms with van der Waals surface area (Å²) >= 11 is 0. The maximum atomic E-state index is 11.7. The summed E-state index contributed by atoms with van der Waals surface area (Å²) in [6.45, 7) is 3.81. The number of nitrogens with two attached hydrogens (primary N) is 1. The van der Waals surface area contributed by atoms with Crippen molar-refractivity contribution in [2.45, 2.75) is 38.6 Å². The summed E-state index contributed by atoms with van der Waals surface area (Å²) in [5, 5.41) is 11.6. The molecule has 1 fully saturated rings. The molecule has 0 heterocycles. The van der Waals surface area contributed by atoms with Gasteiger partial charge in [-0.1, -0.05) is 13.8 Å². The minimum absolute atomic E-state index is 0.00656. The molecule has 0 aromatic carbocycles. The standard InChI is InChI=1S/C11H20N2O3/c1-7(2)8(9(14)15)6-13-10(16)11(12)4-3-5-11/h7-8H,3-6,12H2,1-2H3,(H,13,16)(H,14,15). The van der Waals surface area contributed by atoms with E-state index in [1.165, 1.54) is 0 Å². The predicted molar refractivity (Wildman–Crippen MR) is 59.7 cm³/mol. The summed E-state index contributed by atoms with van der Waals surface area (Å²) in [5.74, 6) is -1.65. The van der Waals surface area contributed by atoms with Crippen LogP contribution in [0.15, 0.2) is 0 Å². The van der Waals surface area contributed by atoms with Crippen molar-refractivity contribution in [3.8, 4) is 0 Å². The second-order valence-electron chi connectivity index (χ2n) is 4.91. The van der Waals surface area contributed by atoms with Gasteiger partial charge in [-0.2, -0.15) is 0 Å². The highest BCUT2D eigenvalue weighted by Gasteiger charge is 2.40. The monoisotopic (exact) mass is 228 g/mol. The van der Waals surface area contributed by atoms with Crippen LogP contribution in [0.25, 0.3) is 0 Å². The van der Waals surface area contributed by atoms with Crippen LogP contribution in [0.5, 0.6) is 0 Å². The molecular weight excluding hydrogens is 208 g/mol. The van der Waals surface area contributed by atoms with Crippen LogP contribution in [0.2, 0.25) is 0 Å². The molecule has 0 bridgehead atoms. The van der Waals surface area contributed by atoms with E-state index in [0.717, 1.165) is 6.42 Å². The first kappa shape index (κ1) is 13.0. The van der Waals surface area contributed by atoms with E-state index in [-0.39, 0.29) is 18.4 Å². The molecule has 0 spiro atoms. The third-order valence-corrected chi connectivity index (χ3v) is 3.30. The first-order valence-corrected chi connectivity index (χ1v) is 5.67. The fourth-order valence-electron chi connectivity index (χ4n) is 1.77. The highest BCUT2D eigenvalue weighted by Crippen LogP contribution is 2.29. The average molecular weight is 228 g/mol. The summed E-state index contributed by atoms with van der Waals surface area (Å²) in [5.41, 5.74) is 5.08. The summed E-state index contributed by atoms with van der Waals surface area (Å²) in [6.07, 6.45) is 2.35. The fourth-order valence-corrected chi connectivity index (χ4v) is 1.77. The van der Waals surface area contributed by atoms with E-state index < -0.39 is 17.4 Å². The molecule has 1 unspecified atom stereocenters. The van der Waals surface area contributed by atoms with Gasteiger partial charge in [0.05, 0.1) is 11.5 Å². The van der Waals surface area contributed by atoms with Gasteiger partial charge in [0, 0.05) is 6.54 Å². The molecule has 0 aromatic rings. The molecule has 1 rings (SSSR count). The largest absolute Gasteiger partial charge is 0.481 e. The van der Waals surface area contributed by atoms with Gasteiger partial charge in [-0.05, 0) is 25.2 Å². The SMILES string of the molecule is CC(C)C(CNC(=O)C1(N)CCC1)C(=O)O. The molecule has 1 atom stereocenters. The Morgan fingerprint density at radius 3 is 2.31 bits per heavy atom. The topological polar surface area (TPSA) is 92.4 Å². The number of hydrogen-bond donors (Lipinski definition) is 3. The molecule has 0 aromatic heterocycles. The van der Waals surface area contributed by atoms with E-state index in [2.05, 4.69) is 5.32 Å². The quantitative estimate of drug-likeness (QED) is 0.632. The molecule has 1 amide bonds. The maximum Gasteiger partial charge on any atom is 0.308 e. The second kappa shape index (κ2) is 4.82.